The van der Waals surface area contributed by atoms with Crippen LogP contribution in [0.15, 0.2) is 10.8 Å². The van der Waals surface area contributed by atoms with Crippen LogP contribution in [0.3, 0.4) is 0 Å². The Morgan fingerprint density at radius 1 is 1.67 bits per heavy atom. The second kappa shape index (κ2) is 3.92. The Morgan fingerprint density at radius 2 is 2.47 bits per heavy atom. The maximum atomic E-state index is 11.3. The van der Waals surface area contributed by atoms with Crippen LogP contribution in [0.5, 0.6) is 0 Å². The third kappa shape index (κ3) is 1.82. The first-order valence-corrected chi connectivity index (χ1v) is 5.17. The van der Waals surface area contributed by atoms with Crippen molar-refractivity contribution < 1.29 is 9.32 Å². The number of aryl methyl sites for hydroxylation is 1. The summed E-state index contributed by atoms with van der Waals surface area (Å²) in [5.41, 5.74) is 7.17. The van der Waals surface area contributed by atoms with Crippen molar-refractivity contribution in [3.05, 3.63) is 17.5 Å². The Hall–Kier alpha value is -1.52. The number of nitrogens with two attached hydrogens (primary N) is 1. The van der Waals surface area contributed by atoms with E-state index in [1.54, 1.807) is 11.2 Å². The normalized spacial score (nSPS) is 21.7. The molecule has 1 saturated heterocycles. The van der Waals surface area contributed by atoms with Gasteiger partial charge < -0.3 is 15.2 Å². The molecule has 0 bridgehead atoms. The zero-order chi connectivity index (χ0) is 10.8. The van der Waals surface area contributed by atoms with Gasteiger partial charge in [0.05, 0.1) is 11.7 Å². The molecule has 5 heteroatoms. The minimum atomic E-state index is -0.361. The summed E-state index contributed by atoms with van der Waals surface area (Å²) in [6.07, 6.45) is 4.68. The number of amides is 2. The number of rotatable bonds is 1. The Balaban J connectivity index is 2.25. The van der Waals surface area contributed by atoms with Crippen molar-refractivity contribution >= 4 is 6.03 Å². The first-order valence-electron chi connectivity index (χ1n) is 5.17. The maximum Gasteiger partial charge on any atom is 0.315 e. The van der Waals surface area contributed by atoms with Crippen LogP contribution >= 0.6 is 0 Å². The zero-order valence-corrected chi connectivity index (χ0v) is 8.77. The van der Waals surface area contributed by atoms with Crippen LogP contribution < -0.4 is 5.73 Å². The quantitative estimate of drug-likeness (QED) is 0.763. The average molecular weight is 209 g/mol. The number of carbonyl (C=O) groups is 1. The minimum absolute atomic E-state index is 0.0440. The van der Waals surface area contributed by atoms with E-state index in [0.717, 1.165) is 37.1 Å². The van der Waals surface area contributed by atoms with Crippen LogP contribution in [0, 0.1) is 6.92 Å². The van der Waals surface area contributed by atoms with Crippen LogP contribution in [0.25, 0.3) is 0 Å². The summed E-state index contributed by atoms with van der Waals surface area (Å²) in [6, 6.07) is -0.317. The molecule has 2 rings (SSSR count). The predicted molar refractivity (Wildman–Crippen MR) is 54.1 cm³/mol. The summed E-state index contributed by atoms with van der Waals surface area (Å²) in [7, 11) is 0. The average Bonchev–Trinajstić information content (AvgIpc) is 2.64. The number of urea groups is 1. The van der Waals surface area contributed by atoms with E-state index in [0.29, 0.717) is 0 Å². The van der Waals surface area contributed by atoms with Crippen LogP contribution in [0.2, 0.25) is 0 Å². The lowest BCUT2D eigenvalue weighted by Crippen LogP contribution is -2.41. The van der Waals surface area contributed by atoms with Gasteiger partial charge in [0.1, 0.15) is 6.26 Å². The SMILES string of the molecule is Cc1nocc1C1CCCCN1C(N)=O. The van der Waals surface area contributed by atoms with Gasteiger partial charge in [-0.2, -0.15) is 0 Å². The topological polar surface area (TPSA) is 72.4 Å². The van der Waals surface area contributed by atoms with Gasteiger partial charge in [0.2, 0.25) is 0 Å². The van der Waals surface area contributed by atoms with Gasteiger partial charge in [-0.25, -0.2) is 4.79 Å². The molecule has 0 spiro atoms. The number of aromatic nitrogens is 1. The molecule has 2 N–H and O–H groups in total. The molecule has 0 radical (unpaired) electrons. The zero-order valence-electron chi connectivity index (χ0n) is 8.77. The van der Waals surface area contributed by atoms with Gasteiger partial charge in [-0.15, -0.1) is 0 Å². The lowest BCUT2D eigenvalue weighted by atomic mass is 9.96. The van der Waals surface area contributed by atoms with E-state index < -0.39 is 0 Å². The summed E-state index contributed by atoms with van der Waals surface area (Å²) < 4.78 is 4.90. The molecule has 1 atom stereocenters. The maximum absolute atomic E-state index is 11.3. The predicted octanol–water partition coefficient (Wildman–Crippen LogP) is 1.59. The third-order valence-electron chi connectivity index (χ3n) is 2.93. The van der Waals surface area contributed by atoms with E-state index >= 15 is 0 Å². The number of nitrogens with zero attached hydrogens (tertiary/aromatic N) is 2. The molecule has 1 aliphatic rings. The van der Waals surface area contributed by atoms with E-state index in [9.17, 15) is 4.79 Å². The second-order valence-corrected chi connectivity index (χ2v) is 3.90. The van der Waals surface area contributed by atoms with Crippen molar-refractivity contribution in [2.75, 3.05) is 6.54 Å². The fourth-order valence-corrected chi connectivity index (χ4v) is 2.14. The van der Waals surface area contributed by atoms with Crippen molar-refractivity contribution in [1.82, 2.24) is 10.1 Å². The summed E-state index contributed by atoms with van der Waals surface area (Å²) in [4.78, 5) is 13.0. The van der Waals surface area contributed by atoms with Crippen molar-refractivity contribution in [3.63, 3.8) is 0 Å². The third-order valence-corrected chi connectivity index (χ3v) is 2.93. The molecule has 1 aromatic rings. The fraction of sp³-hybridized carbons (Fsp3) is 0.600. The van der Waals surface area contributed by atoms with E-state index in [1.165, 1.54) is 0 Å². The van der Waals surface area contributed by atoms with Crippen molar-refractivity contribution in [1.29, 1.82) is 0 Å². The molecule has 82 valence electrons. The lowest BCUT2D eigenvalue weighted by Gasteiger charge is -2.33. The standard InChI is InChI=1S/C10H15N3O2/c1-7-8(6-15-12-7)9-4-2-3-5-13(9)10(11)14/h6,9H,2-5H2,1H3,(H2,11,14). The van der Waals surface area contributed by atoms with Gasteiger partial charge in [-0.3, -0.25) is 0 Å². The summed E-state index contributed by atoms with van der Waals surface area (Å²) >= 11 is 0. The number of piperidine rings is 1. The van der Waals surface area contributed by atoms with E-state index in [2.05, 4.69) is 5.16 Å². The Kier molecular flexibility index (Phi) is 2.62. The van der Waals surface area contributed by atoms with Crippen molar-refractivity contribution in [2.45, 2.75) is 32.2 Å². The summed E-state index contributed by atoms with van der Waals surface area (Å²) in [6.45, 7) is 2.61. The van der Waals surface area contributed by atoms with Gasteiger partial charge in [-0.05, 0) is 26.2 Å². The molecule has 2 amide bonds. The highest BCUT2D eigenvalue weighted by atomic mass is 16.5. The molecule has 0 aliphatic carbocycles. The van der Waals surface area contributed by atoms with Gasteiger partial charge in [0.15, 0.2) is 0 Å². The molecule has 0 aromatic carbocycles. The molecule has 1 aliphatic heterocycles. The van der Waals surface area contributed by atoms with Gasteiger partial charge in [-0.1, -0.05) is 5.16 Å². The van der Waals surface area contributed by atoms with Gasteiger partial charge in [0, 0.05) is 12.1 Å². The largest absolute Gasteiger partial charge is 0.364 e. The number of hydrogen-bond acceptors (Lipinski definition) is 3. The summed E-state index contributed by atoms with van der Waals surface area (Å²) in [5, 5.41) is 3.83. The molecular formula is C10H15N3O2. The molecule has 1 unspecified atom stereocenters. The van der Waals surface area contributed by atoms with Gasteiger partial charge >= 0.3 is 6.03 Å². The van der Waals surface area contributed by atoms with Gasteiger partial charge in [0.25, 0.3) is 0 Å². The molecule has 15 heavy (non-hydrogen) atoms. The second-order valence-electron chi connectivity index (χ2n) is 3.90. The number of likely N-dealkylation sites (tertiary alicyclic amines) is 1. The van der Waals surface area contributed by atoms with Crippen molar-refractivity contribution in [2.24, 2.45) is 5.73 Å². The Morgan fingerprint density at radius 3 is 3.07 bits per heavy atom. The molecule has 5 nitrogen and oxygen atoms in total. The van der Waals surface area contributed by atoms with Crippen molar-refractivity contribution in [3.8, 4) is 0 Å². The van der Waals surface area contributed by atoms with E-state index in [1.807, 2.05) is 6.92 Å². The highest BCUT2D eigenvalue weighted by Crippen LogP contribution is 2.31. The molecule has 0 saturated carbocycles. The fourth-order valence-electron chi connectivity index (χ4n) is 2.14. The lowest BCUT2D eigenvalue weighted by molar-refractivity contribution is 0.159. The highest BCUT2D eigenvalue weighted by molar-refractivity contribution is 5.72. The number of primary amides is 1. The van der Waals surface area contributed by atoms with E-state index in [-0.39, 0.29) is 12.1 Å². The highest BCUT2D eigenvalue weighted by Gasteiger charge is 2.28. The van der Waals surface area contributed by atoms with Crippen LogP contribution in [0.4, 0.5) is 4.79 Å². The van der Waals surface area contributed by atoms with E-state index in [4.69, 9.17) is 10.3 Å². The molecule has 2 heterocycles. The molecular weight excluding hydrogens is 194 g/mol. The monoisotopic (exact) mass is 209 g/mol. The smallest absolute Gasteiger partial charge is 0.315 e. The number of carbonyl (C=O) groups excluding carboxylic acids is 1. The Bertz CT molecular complexity index is 361. The van der Waals surface area contributed by atoms with Crippen LogP contribution in [-0.2, 0) is 0 Å². The number of hydrogen-bond donors (Lipinski definition) is 1. The van der Waals surface area contributed by atoms with Crippen LogP contribution in [0.1, 0.15) is 36.6 Å². The molecule has 1 aromatic heterocycles. The first-order chi connectivity index (χ1) is 7.20. The Labute approximate surface area is 88.2 Å². The minimum Gasteiger partial charge on any atom is -0.364 e. The summed E-state index contributed by atoms with van der Waals surface area (Å²) in [5.74, 6) is 0. The first kappa shape index (κ1) is 10.0. The molecule has 1 fully saturated rings. The van der Waals surface area contributed by atoms with Crippen LogP contribution in [-0.4, -0.2) is 22.6 Å².